The van der Waals surface area contributed by atoms with Gasteiger partial charge in [0, 0.05) is 24.2 Å². The van der Waals surface area contributed by atoms with Gasteiger partial charge in [0.25, 0.3) is 0 Å². The first-order chi connectivity index (χ1) is 10.0. The maximum absolute atomic E-state index is 11.9. The zero-order valence-corrected chi connectivity index (χ0v) is 12.4. The van der Waals surface area contributed by atoms with Crippen molar-refractivity contribution in [3.63, 3.8) is 0 Å². The van der Waals surface area contributed by atoms with Gasteiger partial charge < -0.3 is 10.2 Å². The number of likely N-dealkylation sites (N-methyl/N-ethyl adjacent to an activating group) is 1. The van der Waals surface area contributed by atoms with E-state index >= 15 is 0 Å². The zero-order valence-electron chi connectivity index (χ0n) is 12.4. The number of carbonyl (C=O) groups excluding carboxylic acids is 1. The Bertz CT molecular complexity index is 703. The van der Waals surface area contributed by atoms with E-state index in [4.69, 9.17) is 5.26 Å². The molecule has 1 aromatic carbocycles. The maximum atomic E-state index is 11.9. The standard InChI is InChI=1S/C16H18N4O/c1-11(2)18-16(21)10-20(3)15-8-12(9-17)19-14-7-5-4-6-13(14)15/h4-8,11H,10H2,1-3H3,(H,18,21). The maximum Gasteiger partial charge on any atom is 0.239 e. The van der Waals surface area contributed by atoms with Crippen molar-refractivity contribution in [2.75, 3.05) is 18.5 Å². The summed E-state index contributed by atoms with van der Waals surface area (Å²) in [6.45, 7) is 4.08. The second-order valence-electron chi connectivity index (χ2n) is 5.23. The van der Waals surface area contributed by atoms with Crippen molar-refractivity contribution in [1.29, 1.82) is 5.26 Å². The molecule has 5 nitrogen and oxygen atoms in total. The van der Waals surface area contributed by atoms with Gasteiger partial charge in [-0.3, -0.25) is 4.79 Å². The third-order valence-corrected chi connectivity index (χ3v) is 3.05. The largest absolute Gasteiger partial charge is 0.365 e. The predicted molar refractivity (Wildman–Crippen MR) is 83.0 cm³/mol. The van der Waals surface area contributed by atoms with Gasteiger partial charge in [-0.2, -0.15) is 5.26 Å². The number of rotatable bonds is 4. The summed E-state index contributed by atoms with van der Waals surface area (Å²) in [6.07, 6.45) is 0. The molecule has 108 valence electrons. The number of pyridine rings is 1. The average molecular weight is 282 g/mol. The van der Waals surface area contributed by atoms with Crippen molar-refractivity contribution in [3.05, 3.63) is 36.0 Å². The highest BCUT2D eigenvalue weighted by atomic mass is 16.2. The summed E-state index contributed by atoms with van der Waals surface area (Å²) >= 11 is 0. The van der Waals surface area contributed by atoms with Crippen LogP contribution in [0.1, 0.15) is 19.5 Å². The highest BCUT2D eigenvalue weighted by Gasteiger charge is 2.13. The number of para-hydroxylation sites is 1. The molecule has 1 heterocycles. The number of fused-ring (bicyclic) bond motifs is 1. The van der Waals surface area contributed by atoms with Crippen LogP contribution < -0.4 is 10.2 Å². The number of nitriles is 1. The average Bonchev–Trinajstić information content (AvgIpc) is 2.44. The molecule has 0 bridgehead atoms. The Balaban J connectivity index is 2.36. The highest BCUT2D eigenvalue weighted by Crippen LogP contribution is 2.25. The predicted octanol–water partition coefficient (Wildman–Crippen LogP) is 2.07. The van der Waals surface area contributed by atoms with Crippen LogP contribution in [0.2, 0.25) is 0 Å². The van der Waals surface area contributed by atoms with Crippen molar-refractivity contribution >= 4 is 22.5 Å². The lowest BCUT2D eigenvalue weighted by atomic mass is 10.1. The Morgan fingerprint density at radius 3 is 2.81 bits per heavy atom. The van der Waals surface area contributed by atoms with Crippen LogP contribution in [-0.2, 0) is 4.79 Å². The fourth-order valence-electron chi connectivity index (χ4n) is 2.20. The summed E-state index contributed by atoms with van der Waals surface area (Å²) < 4.78 is 0. The van der Waals surface area contributed by atoms with E-state index in [-0.39, 0.29) is 18.5 Å². The molecule has 21 heavy (non-hydrogen) atoms. The summed E-state index contributed by atoms with van der Waals surface area (Å²) in [5, 5.41) is 12.9. The van der Waals surface area contributed by atoms with Crippen LogP contribution in [0, 0.1) is 11.3 Å². The SMILES string of the molecule is CC(C)NC(=O)CN(C)c1cc(C#N)nc2ccccc12. The van der Waals surface area contributed by atoms with E-state index in [2.05, 4.69) is 16.4 Å². The van der Waals surface area contributed by atoms with E-state index in [9.17, 15) is 4.79 Å². The van der Waals surface area contributed by atoms with Gasteiger partial charge in [0.1, 0.15) is 11.8 Å². The number of aromatic nitrogens is 1. The van der Waals surface area contributed by atoms with Gasteiger partial charge >= 0.3 is 0 Å². The smallest absolute Gasteiger partial charge is 0.239 e. The zero-order chi connectivity index (χ0) is 15.4. The Morgan fingerprint density at radius 1 is 1.43 bits per heavy atom. The summed E-state index contributed by atoms with van der Waals surface area (Å²) in [4.78, 5) is 18.0. The van der Waals surface area contributed by atoms with Crippen molar-refractivity contribution in [2.24, 2.45) is 0 Å². The molecule has 0 aliphatic carbocycles. The van der Waals surface area contributed by atoms with E-state index in [1.165, 1.54) is 0 Å². The lowest BCUT2D eigenvalue weighted by molar-refractivity contribution is -0.120. The minimum Gasteiger partial charge on any atom is -0.365 e. The first-order valence-electron chi connectivity index (χ1n) is 6.81. The number of nitrogens with zero attached hydrogens (tertiary/aromatic N) is 3. The molecule has 1 N–H and O–H groups in total. The minimum absolute atomic E-state index is 0.0492. The monoisotopic (exact) mass is 282 g/mol. The first-order valence-corrected chi connectivity index (χ1v) is 6.81. The number of hydrogen-bond donors (Lipinski definition) is 1. The summed E-state index contributed by atoms with van der Waals surface area (Å²) in [7, 11) is 1.84. The third-order valence-electron chi connectivity index (χ3n) is 3.05. The molecule has 0 atom stereocenters. The van der Waals surface area contributed by atoms with E-state index in [0.29, 0.717) is 5.69 Å². The summed E-state index contributed by atoms with van der Waals surface area (Å²) in [5.41, 5.74) is 1.93. The van der Waals surface area contributed by atoms with E-state index in [1.54, 1.807) is 6.07 Å². The molecule has 0 saturated heterocycles. The number of hydrogen-bond acceptors (Lipinski definition) is 4. The molecule has 0 radical (unpaired) electrons. The molecule has 0 spiro atoms. The molecule has 0 aliphatic heterocycles. The van der Waals surface area contributed by atoms with Crippen LogP contribution in [0.15, 0.2) is 30.3 Å². The lowest BCUT2D eigenvalue weighted by Crippen LogP contribution is -2.38. The van der Waals surface area contributed by atoms with Crippen LogP contribution in [0.3, 0.4) is 0 Å². The number of benzene rings is 1. The molecule has 5 heteroatoms. The number of anilines is 1. The van der Waals surface area contributed by atoms with Crippen molar-refractivity contribution in [3.8, 4) is 6.07 Å². The normalized spacial score (nSPS) is 10.4. The molecule has 1 amide bonds. The van der Waals surface area contributed by atoms with Gasteiger partial charge in [-0.25, -0.2) is 4.98 Å². The Labute approximate surface area is 124 Å². The Morgan fingerprint density at radius 2 is 2.14 bits per heavy atom. The quantitative estimate of drug-likeness (QED) is 0.932. The van der Waals surface area contributed by atoms with Gasteiger partial charge in [0.05, 0.1) is 12.1 Å². The molecule has 0 saturated carbocycles. The first kappa shape index (κ1) is 14.8. The van der Waals surface area contributed by atoms with Crippen LogP contribution in [0.4, 0.5) is 5.69 Å². The molecule has 2 aromatic rings. The Kier molecular flexibility index (Phi) is 4.39. The van der Waals surface area contributed by atoms with Gasteiger partial charge in [-0.05, 0) is 26.0 Å². The highest BCUT2D eigenvalue weighted by molar-refractivity contribution is 5.94. The molecule has 2 rings (SSSR count). The molecule has 0 fully saturated rings. The van der Waals surface area contributed by atoms with E-state index in [1.807, 2.05) is 50.1 Å². The minimum atomic E-state index is -0.0492. The molecule has 0 aliphatic rings. The van der Waals surface area contributed by atoms with Gasteiger partial charge in [-0.1, -0.05) is 18.2 Å². The number of carbonyl (C=O) groups is 1. The van der Waals surface area contributed by atoms with E-state index < -0.39 is 0 Å². The molecule has 1 aromatic heterocycles. The summed E-state index contributed by atoms with van der Waals surface area (Å²) in [5.74, 6) is -0.0492. The second kappa shape index (κ2) is 6.23. The topological polar surface area (TPSA) is 69.0 Å². The molecular formula is C16H18N4O. The number of amides is 1. The molecular weight excluding hydrogens is 264 g/mol. The second-order valence-corrected chi connectivity index (χ2v) is 5.23. The number of nitrogens with one attached hydrogen (secondary N) is 1. The van der Waals surface area contributed by atoms with Gasteiger partial charge in [-0.15, -0.1) is 0 Å². The van der Waals surface area contributed by atoms with Crippen molar-refractivity contribution in [1.82, 2.24) is 10.3 Å². The lowest BCUT2D eigenvalue weighted by Gasteiger charge is -2.21. The van der Waals surface area contributed by atoms with Gasteiger partial charge in [0.2, 0.25) is 5.91 Å². The van der Waals surface area contributed by atoms with Crippen LogP contribution in [-0.4, -0.2) is 30.5 Å². The van der Waals surface area contributed by atoms with Crippen molar-refractivity contribution < 1.29 is 4.79 Å². The van der Waals surface area contributed by atoms with Gasteiger partial charge in [0.15, 0.2) is 0 Å². The van der Waals surface area contributed by atoms with Crippen LogP contribution >= 0.6 is 0 Å². The molecule has 0 unspecified atom stereocenters. The third kappa shape index (κ3) is 3.48. The fourth-order valence-corrected chi connectivity index (χ4v) is 2.20. The summed E-state index contributed by atoms with van der Waals surface area (Å²) in [6, 6.07) is 11.5. The van der Waals surface area contributed by atoms with E-state index in [0.717, 1.165) is 16.6 Å². The van der Waals surface area contributed by atoms with Crippen LogP contribution in [0.25, 0.3) is 10.9 Å². The van der Waals surface area contributed by atoms with Crippen LogP contribution in [0.5, 0.6) is 0 Å². The Hall–Kier alpha value is -2.61. The fraction of sp³-hybridized carbons (Fsp3) is 0.312. The van der Waals surface area contributed by atoms with Crippen molar-refractivity contribution in [2.45, 2.75) is 19.9 Å².